The highest BCUT2D eigenvalue weighted by Gasteiger charge is 2.33. The van der Waals surface area contributed by atoms with Crippen LogP contribution in [0.1, 0.15) is 26.7 Å². The van der Waals surface area contributed by atoms with E-state index >= 15 is 0 Å². The van der Waals surface area contributed by atoms with Gasteiger partial charge in [-0.25, -0.2) is 9.97 Å². The number of rotatable bonds is 4. The Hall–Kier alpha value is -0.830. The van der Waals surface area contributed by atoms with E-state index < -0.39 is 0 Å². The summed E-state index contributed by atoms with van der Waals surface area (Å²) >= 11 is 5.96. The van der Waals surface area contributed by atoms with Crippen LogP contribution in [0.25, 0.3) is 0 Å². The van der Waals surface area contributed by atoms with Gasteiger partial charge in [-0.15, -0.1) is 0 Å². The van der Waals surface area contributed by atoms with Crippen LogP contribution < -0.4 is 5.32 Å². The molecule has 82 valence electrons. The summed E-state index contributed by atoms with van der Waals surface area (Å²) in [7, 11) is 0. The van der Waals surface area contributed by atoms with Gasteiger partial charge in [-0.1, -0.05) is 25.4 Å². The average molecular weight is 226 g/mol. The summed E-state index contributed by atoms with van der Waals surface area (Å²) in [5, 5.41) is 3.86. The number of nitrogens with zero attached hydrogens (tertiary/aromatic N) is 2. The molecule has 0 radical (unpaired) electrons. The van der Waals surface area contributed by atoms with Gasteiger partial charge in [0.2, 0.25) is 0 Å². The number of nitrogens with one attached hydrogen (secondary N) is 1. The molecule has 0 bridgehead atoms. The van der Waals surface area contributed by atoms with Crippen LogP contribution in [0, 0.1) is 11.8 Å². The third-order valence-electron chi connectivity index (χ3n) is 2.81. The summed E-state index contributed by atoms with van der Waals surface area (Å²) in [6.45, 7) is 4.44. The molecule has 1 atom stereocenters. The summed E-state index contributed by atoms with van der Waals surface area (Å²) in [5.41, 5.74) is 0. The zero-order valence-electron chi connectivity index (χ0n) is 9.07. The molecule has 15 heavy (non-hydrogen) atoms. The van der Waals surface area contributed by atoms with Crippen molar-refractivity contribution in [1.29, 1.82) is 0 Å². The number of anilines is 1. The first-order valence-electron chi connectivity index (χ1n) is 5.41. The van der Waals surface area contributed by atoms with Gasteiger partial charge in [0.05, 0.1) is 0 Å². The maximum Gasteiger partial charge on any atom is 0.171 e. The first-order chi connectivity index (χ1) is 7.18. The Morgan fingerprint density at radius 3 is 2.53 bits per heavy atom. The SMILES string of the molecule is CC(C)C(Nc1nccnc1Cl)C1CC1. The molecule has 0 saturated heterocycles. The van der Waals surface area contributed by atoms with Gasteiger partial charge in [0, 0.05) is 18.4 Å². The van der Waals surface area contributed by atoms with Gasteiger partial charge in [0.15, 0.2) is 11.0 Å². The summed E-state index contributed by atoms with van der Waals surface area (Å²) < 4.78 is 0. The molecule has 3 nitrogen and oxygen atoms in total. The standard InChI is InChI=1S/C11H16ClN3/c1-7(2)9(8-3-4-8)15-11-10(12)13-5-6-14-11/h5-9H,3-4H2,1-2H3,(H,14,15). The van der Waals surface area contributed by atoms with Crippen LogP contribution in [-0.2, 0) is 0 Å². The van der Waals surface area contributed by atoms with E-state index in [1.807, 2.05) is 0 Å². The topological polar surface area (TPSA) is 37.8 Å². The van der Waals surface area contributed by atoms with E-state index in [4.69, 9.17) is 11.6 Å². The Morgan fingerprint density at radius 1 is 1.33 bits per heavy atom. The third kappa shape index (κ3) is 2.59. The summed E-state index contributed by atoms with van der Waals surface area (Å²) in [5.74, 6) is 2.09. The fraction of sp³-hybridized carbons (Fsp3) is 0.636. The van der Waals surface area contributed by atoms with Gasteiger partial charge >= 0.3 is 0 Å². The van der Waals surface area contributed by atoms with Gasteiger partial charge in [-0.3, -0.25) is 0 Å². The summed E-state index contributed by atoms with van der Waals surface area (Å²) in [6, 6.07) is 0.471. The Kier molecular flexibility index (Phi) is 3.10. The quantitative estimate of drug-likeness (QED) is 0.856. The minimum Gasteiger partial charge on any atom is -0.364 e. The maximum absolute atomic E-state index is 5.96. The van der Waals surface area contributed by atoms with E-state index in [-0.39, 0.29) is 0 Å². The maximum atomic E-state index is 5.96. The Labute approximate surface area is 95.3 Å². The Balaban J connectivity index is 2.08. The van der Waals surface area contributed by atoms with Crippen molar-refractivity contribution in [1.82, 2.24) is 9.97 Å². The monoisotopic (exact) mass is 225 g/mol. The van der Waals surface area contributed by atoms with E-state index in [1.165, 1.54) is 12.8 Å². The minimum absolute atomic E-state index is 0.462. The second-order valence-electron chi connectivity index (χ2n) is 4.45. The fourth-order valence-corrected chi connectivity index (χ4v) is 2.02. The molecule has 0 spiro atoms. The lowest BCUT2D eigenvalue weighted by Crippen LogP contribution is -2.28. The van der Waals surface area contributed by atoms with E-state index in [0.29, 0.717) is 22.9 Å². The smallest absolute Gasteiger partial charge is 0.171 e. The molecule has 0 aliphatic heterocycles. The van der Waals surface area contributed by atoms with Crippen LogP contribution in [-0.4, -0.2) is 16.0 Å². The van der Waals surface area contributed by atoms with Crippen molar-refractivity contribution in [3.63, 3.8) is 0 Å². The predicted molar refractivity (Wildman–Crippen MR) is 62.0 cm³/mol. The van der Waals surface area contributed by atoms with E-state index in [2.05, 4.69) is 29.1 Å². The van der Waals surface area contributed by atoms with Gasteiger partial charge in [-0.05, 0) is 24.7 Å². The van der Waals surface area contributed by atoms with Crippen LogP contribution in [0.2, 0.25) is 5.15 Å². The molecular weight excluding hydrogens is 210 g/mol. The molecule has 4 heteroatoms. The van der Waals surface area contributed by atoms with Crippen LogP contribution in [0.4, 0.5) is 5.82 Å². The molecule has 1 N–H and O–H groups in total. The van der Waals surface area contributed by atoms with Crippen molar-refractivity contribution in [2.24, 2.45) is 11.8 Å². The predicted octanol–water partition coefficient (Wildman–Crippen LogP) is 2.98. The fourth-order valence-electron chi connectivity index (χ4n) is 1.86. The molecule has 1 aromatic heterocycles. The van der Waals surface area contributed by atoms with Crippen molar-refractivity contribution >= 4 is 17.4 Å². The van der Waals surface area contributed by atoms with Gasteiger partial charge in [0.1, 0.15) is 0 Å². The molecule has 0 amide bonds. The lowest BCUT2D eigenvalue weighted by Gasteiger charge is -2.22. The number of halogens is 1. The third-order valence-corrected chi connectivity index (χ3v) is 3.08. The summed E-state index contributed by atoms with van der Waals surface area (Å²) in [6.07, 6.45) is 5.90. The molecule has 1 saturated carbocycles. The largest absolute Gasteiger partial charge is 0.364 e. The van der Waals surface area contributed by atoms with Crippen LogP contribution in [0.5, 0.6) is 0 Å². The lowest BCUT2D eigenvalue weighted by atomic mass is 10.00. The highest BCUT2D eigenvalue weighted by molar-refractivity contribution is 6.31. The zero-order chi connectivity index (χ0) is 10.8. The lowest BCUT2D eigenvalue weighted by molar-refractivity contribution is 0.475. The molecule has 1 unspecified atom stereocenters. The van der Waals surface area contributed by atoms with Crippen molar-refractivity contribution < 1.29 is 0 Å². The molecule has 1 aliphatic rings. The highest BCUT2D eigenvalue weighted by atomic mass is 35.5. The normalized spacial score (nSPS) is 17.9. The molecule has 2 rings (SSSR count). The Bertz CT molecular complexity index is 334. The Morgan fingerprint density at radius 2 is 2.00 bits per heavy atom. The summed E-state index contributed by atoms with van der Waals surface area (Å²) in [4.78, 5) is 8.22. The van der Waals surface area contributed by atoms with Crippen LogP contribution >= 0.6 is 11.6 Å². The average Bonchev–Trinajstić information content (AvgIpc) is 2.99. The second-order valence-corrected chi connectivity index (χ2v) is 4.81. The minimum atomic E-state index is 0.462. The molecule has 1 heterocycles. The van der Waals surface area contributed by atoms with Gasteiger partial charge < -0.3 is 5.32 Å². The van der Waals surface area contributed by atoms with Gasteiger partial charge in [0.25, 0.3) is 0 Å². The van der Waals surface area contributed by atoms with E-state index in [0.717, 1.165) is 5.92 Å². The molecule has 1 fully saturated rings. The molecule has 0 aromatic carbocycles. The molecule has 1 aromatic rings. The first kappa shape index (κ1) is 10.7. The molecular formula is C11H16ClN3. The van der Waals surface area contributed by atoms with Crippen molar-refractivity contribution in [3.8, 4) is 0 Å². The van der Waals surface area contributed by atoms with Gasteiger partial charge in [-0.2, -0.15) is 0 Å². The second kappa shape index (κ2) is 4.35. The van der Waals surface area contributed by atoms with E-state index in [1.54, 1.807) is 12.4 Å². The molecule has 1 aliphatic carbocycles. The van der Waals surface area contributed by atoms with E-state index in [9.17, 15) is 0 Å². The van der Waals surface area contributed by atoms with Crippen LogP contribution in [0.3, 0.4) is 0 Å². The number of hydrogen-bond acceptors (Lipinski definition) is 3. The number of hydrogen-bond donors (Lipinski definition) is 1. The van der Waals surface area contributed by atoms with Crippen molar-refractivity contribution in [3.05, 3.63) is 17.5 Å². The van der Waals surface area contributed by atoms with Crippen LogP contribution in [0.15, 0.2) is 12.4 Å². The van der Waals surface area contributed by atoms with Crippen molar-refractivity contribution in [2.45, 2.75) is 32.7 Å². The highest BCUT2D eigenvalue weighted by Crippen LogP contribution is 2.37. The number of aromatic nitrogens is 2. The zero-order valence-corrected chi connectivity index (χ0v) is 9.83. The first-order valence-corrected chi connectivity index (χ1v) is 5.79. The van der Waals surface area contributed by atoms with Crippen molar-refractivity contribution in [2.75, 3.05) is 5.32 Å².